The summed E-state index contributed by atoms with van der Waals surface area (Å²) in [6.45, 7) is 7.90. The molecule has 0 saturated heterocycles. The van der Waals surface area contributed by atoms with Crippen LogP contribution in [0.5, 0.6) is 0 Å². The minimum Gasteiger partial charge on any atom is -0.461 e. The van der Waals surface area contributed by atoms with Crippen molar-refractivity contribution < 1.29 is 18.7 Å². The first-order valence-corrected chi connectivity index (χ1v) is 10.1. The number of carbonyl (C=O) groups is 2. The van der Waals surface area contributed by atoms with Crippen LogP contribution in [0, 0.1) is 5.82 Å². The Labute approximate surface area is 184 Å². The zero-order valence-corrected chi connectivity index (χ0v) is 18.3. The monoisotopic (exact) mass is 437 g/mol. The van der Waals surface area contributed by atoms with Gasteiger partial charge in [0.15, 0.2) is 5.69 Å². The van der Waals surface area contributed by atoms with Crippen LogP contribution in [0.3, 0.4) is 0 Å². The van der Waals surface area contributed by atoms with Gasteiger partial charge in [-0.15, -0.1) is 0 Å². The van der Waals surface area contributed by atoms with Gasteiger partial charge < -0.3 is 10.1 Å². The molecule has 0 aliphatic carbocycles. The summed E-state index contributed by atoms with van der Waals surface area (Å²) < 4.78 is 19.2. The van der Waals surface area contributed by atoms with E-state index >= 15 is 0 Å². The van der Waals surface area contributed by atoms with Crippen LogP contribution < -0.4 is 10.9 Å². The van der Waals surface area contributed by atoms with Crippen LogP contribution in [-0.2, 0) is 10.2 Å². The number of nitrogens with zero attached hydrogens (tertiary/aromatic N) is 2. The highest BCUT2D eigenvalue weighted by atomic mass is 19.1. The van der Waals surface area contributed by atoms with Gasteiger partial charge in [0, 0.05) is 11.6 Å². The lowest BCUT2D eigenvalue weighted by Crippen LogP contribution is -2.27. The van der Waals surface area contributed by atoms with Gasteiger partial charge in [0.2, 0.25) is 0 Å². The van der Waals surface area contributed by atoms with Gasteiger partial charge in [-0.25, -0.2) is 9.18 Å². The van der Waals surface area contributed by atoms with Crippen LogP contribution in [0.2, 0.25) is 0 Å². The van der Waals surface area contributed by atoms with E-state index in [9.17, 15) is 18.8 Å². The first-order chi connectivity index (χ1) is 15.1. The van der Waals surface area contributed by atoms with Crippen molar-refractivity contribution >= 4 is 17.6 Å². The Kier molecular flexibility index (Phi) is 6.53. The van der Waals surface area contributed by atoms with Gasteiger partial charge in [-0.3, -0.25) is 9.59 Å². The fourth-order valence-corrected chi connectivity index (χ4v) is 2.98. The Balaban J connectivity index is 1.98. The summed E-state index contributed by atoms with van der Waals surface area (Å²) in [6.07, 6.45) is 0. The van der Waals surface area contributed by atoms with E-state index in [2.05, 4.69) is 31.2 Å². The van der Waals surface area contributed by atoms with Gasteiger partial charge in [0.05, 0.1) is 18.0 Å². The second-order valence-corrected chi connectivity index (χ2v) is 8.14. The molecule has 166 valence electrons. The molecule has 3 rings (SSSR count). The van der Waals surface area contributed by atoms with Gasteiger partial charge in [-0.1, -0.05) is 32.9 Å². The number of halogens is 1. The van der Waals surface area contributed by atoms with Crippen molar-refractivity contribution in [2.45, 2.75) is 33.1 Å². The van der Waals surface area contributed by atoms with Crippen LogP contribution in [0.15, 0.2) is 59.4 Å². The Hall–Kier alpha value is -3.81. The Morgan fingerprint density at radius 2 is 1.69 bits per heavy atom. The van der Waals surface area contributed by atoms with Crippen LogP contribution in [0.1, 0.15) is 54.1 Å². The lowest BCUT2D eigenvalue weighted by molar-refractivity contribution is 0.0518. The molecule has 0 fully saturated rings. The maximum Gasteiger partial charge on any atom is 0.360 e. The van der Waals surface area contributed by atoms with Crippen molar-refractivity contribution in [3.05, 3.63) is 87.6 Å². The first kappa shape index (κ1) is 22.9. The van der Waals surface area contributed by atoms with Crippen molar-refractivity contribution in [3.8, 4) is 5.69 Å². The summed E-state index contributed by atoms with van der Waals surface area (Å²) in [7, 11) is 0. The van der Waals surface area contributed by atoms with E-state index in [1.54, 1.807) is 19.1 Å². The SMILES string of the molecule is CCOC(=O)c1nn(-c2ccc(F)cc2)c(=O)cc1NC(=O)c1ccc(C(C)(C)C)cc1. The van der Waals surface area contributed by atoms with E-state index in [0.29, 0.717) is 5.56 Å². The fraction of sp³-hybridized carbons (Fsp3) is 0.250. The van der Waals surface area contributed by atoms with Crippen LogP contribution in [0.4, 0.5) is 10.1 Å². The van der Waals surface area contributed by atoms with E-state index < -0.39 is 23.3 Å². The second-order valence-electron chi connectivity index (χ2n) is 8.14. The van der Waals surface area contributed by atoms with Crippen molar-refractivity contribution in [2.75, 3.05) is 11.9 Å². The minimum absolute atomic E-state index is 0.0686. The molecule has 8 heteroatoms. The van der Waals surface area contributed by atoms with Crippen molar-refractivity contribution in [2.24, 2.45) is 0 Å². The van der Waals surface area contributed by atoms with Gasteiger partial charge in [-0.05, 0) is 54.3 Å². The number of anilines is 1. The van der Waals surface area contributed by atoms with Gasteiger partial charge in [0.25, 0.3) is 11.5 Å². The highest BCUT2D eigenvalue weighted by Crippen LogP contribution is 2.23. The average molecular weight is 437 g/mol. The zero-order chi connectivity index (χ0) is 23.5. The Morgan fingerprint density at radius 1 is 1.06 bits per heavy atom. The molecule has 0 bridgehead atoms. The normalized spacial score (nSPS) is 11.2. The Morgan fingerprint density at radius 3 is 2.25 bits per heavy atom. The summed E-state index contributed by atoms with van der Waals surface area (Å²) in [5, 5.41) is 6.65. The third-order valence-electron chi connectivity index (χ3n) is 4.73. The van der Waals surface area contributed by atoms with E-state index in [1.807, 2.05) is 12.1 Å². The molecule has 0 unspecified atom stereocenters. The molecule has 0 atom stereocenters. The van der Waals surface area contributed by atoms with Gasteiger partial charge >= 0.3 is 5.97 Å². The standard InChI is InChI=1S/C24H24FN3O4/c1-5-32-23(31)21-19(14-20(29)28(27-21)18-12-10-17(25)11-13-18)26-22(30)15-6-8-16(9-7-15)24(2,3)4/h6-14H,5H2,1-4H3,(H,26,30). The van der Waals surface area contributed by atoms with Crippen molar-refractivity contribution in [1.29, 1.82) is 0 Å². The van der Waals surface area contributed by atoms with Crippen LogP contribution in [-0.4, -0.2) is 28.3 Å². The smallest absolute Gasteiger partial charge is 0.360 e. The van der Waals surface area contributed by atoms with E-state index in [0.717, 1.165) is 16.3 Å². The second kappa shape index (κ2) is 9.13. The summed E-state index contributed by atoms with van der Waals surface area (Å²) >= 11 is 0. The maximum absolute atomic E-state index is 13.2. The molecular weight excluding hydrogens is 413 g/mol. The van der Waals surface area contributed by atoms with E-state index in [4.69, 9.17) is 4.74 Å². The minimum atomic E-state index is -0.804. The summed E-state index contributed by atoms with van der Waals surface area (Å²) in [4.78, 5) is 37.9. The third-order valence-corrected chi connectivity index (χ3v) is 4.73. The number of esters is 1. The lowest BCUT2D eigenvalue weighted by atomic mass is 9.87. The fourth-order valence-electron chi connectivity index (χ4n) is 2.98. The zero-order valence-electron chi connectivity index (χ0n) is 18.3. The number of aromatic nitrogens is 2. The number of hydrogen-bond acceptors (Lipinski definition) is 5. The third kappa shape index (κ3) is 5.08. The summed E-state index contributed by atoms with van der Waals surface area (Å²) in [5.74, 6) is -1.78. The number of hydrogen-bond donors (Lipinski definition) is 1. The molecule has 1 N–H and O–H groups in total. The molecule has 0 aliphatic heterocycles. The Bertz CT molecular complexity index is 1190. The number of nitrogens with one attached hydrogen (secondary N) is 1. The number of amides is 1. The first-order valence-electron chi connectivity index (χ1n) is 10.1. The number of rotatable bonds is 5. The molecule has 1 heterocycles. The van der Waals surface area contributed by atoms with E-state index in [1.165, 1.54) is 24.3 Å². The van der Waals surface area contributed by atoms with Crippen LogP contribution >= 0.6 is 0 Å². The molecular formula is C24H24FN3O4. The molecule has 7 nitrogen and oxygen atoms in total. The molecule has 0 radical (unpaired) electrons. The highest BCUT2D eigenvalue weighted by Gasteiger charge is 2.21. The molecule has 32 heavy (non-hydrogen) atoms. The molecule has 0 spiro atoms. The van der Waals surface area contributed by atoms with E-state index in [-0.39, 0.29) is 29.1 Å². The molecule has 2 aromatic carbocycles. The van der Waals surface area contributed by atoms with Gasteiger partial charge in [0.1, 0.15) is 5.82 Å². The van der Waals surface area contributed by atoms with Crippen LogP contribution in [0.25, 0.3) is 5.69 Å². The predicted molar refractivity (Wildman–Crippen MR) is 119 cm³/mol. The molecule has 3 aromatic rings. The van der Waals surface area contributed by atoms with Gasteiger partial charge in [-0.2, -0.15) is 9.78 Å². The average Bonchev–Trinajstić information content (AvgIpc) is 2.74. The number of ether oxygens (including phenoxy) is 1. The molecule has 1 aromatic heterocycles. The highest BCUT2D eigenvalue weighted by molar-refractivity contribution is 6.07. The predicted octanol–water partition coefficient (Wildman–Crippen LogP) is 4.10. The quantitative estimate of drug-likeness (QED) is 0.607. The summed E-state index contributed by atoms with van der Waals surface area (Å²) in [5.41, 5.74) is 0.689. The molecule has 1 amide bonds. The largest absolute Gasteiger partial charge is 0.461 e. The van der Waals surface area contributed by atoms with Crippen molar-refractivity contribution in [1.82, 2.24) is 9.78 Å². The number of benzene rings is 2. The number of carbonyl (C=O) groups excluding carboxylic acids is 2. The van der Waals surface area contributed by atoms with Crippen molar-refractivity contribution in [3.63, 3.8) is 0 Å². The topological polar surface area (TPSA) is 90.3 Å². The molecule has 0 saturated carbocycles. The lowest BCUT2D eigenvalue weighted by Gasteiger charge is -2.19. The summed E-state index contributed by atoms with van der Waals surface area (Å²) in [6, 6.07) is 13.2. The maximum atomic E-state index is 13.2. The molecule has 0 aliphatic rings.